The summed E-state index contributed by atoms with van der Waals surface area (Å²) in [6.45, 7) is 4.02. The number of hydrogen-bond donors (Lipinski definition) is 2. The highest BCUT2D eigenvalue weighted by Gasteiger charge is 2.30. The number of halogens is 2. The Hall–Kier alpha value is -4.25. The Morgan fingerprint density at radius 1 is 1.05 bits per heavy atom. The molecule has 0 unspecified atom stereocenters. The van der Waals surface area contributed by atoms with E-state index in [2.05, 4.69) is 22.8 Å². The van der Waals surface area contributed by atoms with E-state index in [4.69, 9.17) is 32.7 Å². The quantitative estimate of drug-likeness (QED) is 0.0743. The maximum Gasteiger partial charge on any atom is 0.345 e. The van der Waals surface area contributed by atoms with Crippen LogP contribution in [0.1, 0.15) is 57.0 Å². The van der Waals surface area contributed by atoms with Gasteiger partial charge in [-0.1, -0.05) is 60.5 Å². The molecule has 226 valence electrons. The van der Waals surface area contributed by atoms with Gasteiger partial charge in [-0.05, 0) is 72.7 Å². The fraction of sp³-hybridized carbons (Fsp3) is 0.219. The molecule has 1 aliphatic rings. The van der Waals surface area contributed by atoms with Gasteiger partial charge in [-0.2, -0.15) is 5.10 Å². The lowest BCUT2D eigenvalue weighted by atomic mass is 9.88. The molecule has 0 aliphatic heterocycles. The number of thiophene rings is 1. The van der Waals surface area contributed by atoms with Crippen molar-refractivity contribution in [2.75, 3.05) is 11.9 Å². The van der Waals surface area contributed by atoms with Gasteiger partial charge in [0.15, 0.2) is 0 Å². The van der Waals surface area contributed by atoms with Crippen molar-refractivity contribution in [3.05, 3.63) is 91.8 Å². The van der Waals surface area contributed by atoms with Gasteiger partial charge in [0.25, 0.3) is 0 Å². The van der Waals surface area contributed by atoms with Gasteiger partial charge in [-0.15, -0.1) is 11.3 Å². The van der Waals surface area contributed by atoms with E-state index in [1.165, 1.54) is 35.8 Å². The monoisotopic (exact) mass is 651 g/mol. The molecule has 0 spiro atoms. The number of benzene rings is 3. The van der Waals surface area contributed by atoms with Gasteiger partial charge < -0.3 is 14.8 Å². The summed E-state index contributed by atoms with van der Waals surface area (Å²) in [6, 6.07) is 15.1. The molecule has 44 heavy (non-hydrogen) atoms. The number of esters is 2. The van der Waals surface area contributed by atoms with Crippen molar-refractivity contribution in [3.8, 4) is 5.75 Å². The van der Waals surface area contributed by atoms with Crippen molar-refractivity contribution in [1.82, 2.24) is 5.43 Å². The van der Waals surface area contributed by atoms with Crippen molar-refractivity contribution in [2.24, 2.45) is 11.0 Å². The molecule has 12 heteroatoms. The first kappa shape index (κ1) is 31.2. The molecule has 0 bridgehead atoms. The van der Waals surface area contributed by atoms with E-state index >= 15 is 0 Å². The summed E-state index contributed by atoms with van der Waals surface area (Å²) in [7, 11) is 0. The fourth-order valence-electron chi connectivity index (χ4n) is 4.93. The maximum absolute atomic E-state index is 12.9. The standard InChI is InChI=1S/C32H27Cl2N3O6S/c1-3-42-32(41)27-22-11-8-17(2)14-26(22)44-30(27)36-28(38)29(39)37-35-16-23-20-7-5-4-6-18(20)9-13-25(23)43-31(40)21-12-10-19(33)15-24(21)34/h4-7,9-10,12-13,15-17H,3,8,11,14H2,1-2H3,(H,36,38)(H,37,39)/b35-16-/t17-/m0/s1. The second kappa shape index (κ2) is 13.6. The molecule has 2 amide bonds. The predicted molar refractivity (Wildman–Crippen MR) is 171 cm³/mol. The van der Waals surface area contributed by atoms with E-state index in [1.54, 1.807) is 31.2 Å². The van der Waals surface area contributed by atoms with Crippen LogP contribution in [0.4, 0.5) is 5.00 Å². The summed E-state index contributed by atoms with van der Waals surface area (Å²) >= 11 is 13.4. The molecule has 1 atom stereocenters. The lowest BCUT2D eigenvalue weighted by molar-refractivity contribution is -0.136. The van der Waals surface area contributed by atoms with Crippen LogP contribution >= 0.6 is 34.5 Å². The molecule has 4 aromatic rings. The first-order valence-electron chi connectivity index (χ1n) is 13.8. The van der Waals surface area contributed by atoms with Crippen LogP contribution in [0.15, 0.2) is 59.7 Å². The zero-order valence-electron chi connectivity index (χ0n) is 23.7. The second-order valence-electron chi connectivity index (χ2n) is 10.1. The van der Waals surface area contributed by atoms with Crippen molar-refractivity contribution < 1.29 is 28.7 Å². The Morgan fingerprint density at radius 3 is 2.61 bits per heavy atom. The smallest absolute Gasteiger partial charge is 0.345 e. The average molecular weight is 653 g/mol. The van der Waals surface area contributed by atoms with Crippen LogP contribution in [0.2, 0.25) is 10.0 Å². The van der Waals surface area contributed by atoms with E-state index in [9.17, 15) is 19.2 Å². The minimum absolute atomic E-state index is 0.115. The van der Waals surface area contributed by atoms with Crippen LogP contribution < -0.4 is 15.5 Å². The number of anilines is 1. The van der Waals surface area contributed by atoms with Crippen molar-refractivity contribution >= 4 is 80.3 Å². The molecule has 9 nitrogen and oxygen atoms in total. The molecule has 1 heterocycles. The number of nitrogens with zero attached hydrogens (tertiary/aromatic N) is 1. The Labute approximate surface area is 267 Å². The van der Waals surface area contributed by atoms with Crippen molar-refractivity contribution in [3.63, 3.8) is 0 Å². The number of amides is 2. The van der Waals surface area contributed by atoms with E-state index < -0.39 is 23.8 Å². The Bertz CT molecular complexity index is 1820. The number of hydrazone groups is 1. The molecule has 2 N–H and O–H groups in total. The van der Waals surface area contributed by atoms with Gasteiger partial charge in [-0.25, -0.2) is 15.0 Å². The minimum Gasteiger partial charge on any atom is -0.462 e. The van der Waals surface area contributed by atoms with Crippen molar-refractivity contribution in [1.29, 1.82) is 0 Å². The van der Waals surface area contributed by atoms with Gasteiger partial charge in [0.05, 0.1) is 29.0 Å². The van der Waals surface area contributed by atoms with Gasteiger partial charge in [0.1, 0.15) is 10.8 Å². The number of carbonyl (C=O) groups excluding carboxylic acids is 4. The first-order valence-corrected chi connectivity index (χ1v) is 15.4. The first-order chi connectivity index (χ1) is 21.2. The fourth-order valence-corrected chi connectivity index (χ4v) is 6.81. The summed E-state index contributed by atoms with van der Waals surface area (Å²) in [4.78, 5) is 52.3. The lowest BCUT2D eigenvalue weighted by Crippen LogP contribution is -2.32. The number of carbonyl (C=O) groups is 4. The van der Waals surface area contributed by atoms with Crippen molar-refractivity contribution in [2.45, 2.75) is 33.1 Å². The number of ether oxygens (including phenoxy) is 2. The summed E-state index contributed by atoms with van der Waals surface area (Å²) in [5.41, 5.74) is 3.87. The van der Waals surface area contributed by atoms with E-state index in [-0.39, 0.29) is 27.9 Å². The molecule has 0 fully saturated rings. The zero-order valence-corrected chi connectivity index (χ0v) is 26.1. The van der Waals surface area contributed by atoms with Crippen LogP contribution in [-0.2, 0) is 27.2 Å². The molecule has 1 aromatic heterocycles. The second-order valence-corrected chi connectivity index (χ2v) is 12.1. The number of fused-ring (bicyclic) bond motifs is 2. The van der Waals surface area contributed by atoms with Crippen LogP contribution in [-0.4, -0.2) is 36.6 Å². The largest absolute Gasteiger partial charge is 0.462 e. The maximum atomic E-state index is 12.9. The summed E-state index contributed by atoms with van der Waals surface area (Å²) in [5, 5.41) is 8.82. The van der Waals surface area contributed by atoms with E-state index in [1.807, 2.05) is 12.1 Å². The molecular formula is C32H27Cl2N3O6S. The highest BCUT2D eigenvalue weighted by atomic mass is 35.5. The lowest BCUT2D eigenvalue weighted by Gasteiger charge is -2.18. The van der Waals surface area contributed by atoms with Crippen LogP contribution in [0.5, 0.6) is 5.75 Å². The third-order valence-corrected chi connectivity index (χ3v) is 8.79. The summed E-state index contributed by atoms with van der Waals surface area (Å²) < 4.78 is 10.9. The Kier molecular flexibility index (Phi) is 9.63. The van der Waals surface area contributed by atoms with Gasteiger partial charge >= 0.3 is 23.8 Å². The summed E-state index contributed by atoms with van der Waals surface area (Å²) in [6.07, 6.45) is 3.67. The van der Waals surface area contributed by atoms with E-state index in [0.717, 1.165) is 28.7 Å². The highest BCUT2D eigenvalue weighted by Crippen LogP contribution is 2.40. The number of hydrogen-bond acceptors (Lipinski definition) is 8. The summed E-state index contributed by atoms with van der Waals surface area (Å²) in [5.74, 6) is -2.71. The minimum atomic E-state index is -1.05. The molecule has 0 radical (unpaired) electrons. The molecule has 5 rings (SSSR count). The normalized spacial score (nSPS) is 14.2. The Morgan fingerprint density at radius 2 is 1.84 bits per heavy atom. The molecule has 0 saturated carbocycles. The van der Waals surface area contributed by atoms with Crippen LogP contribution in [0, 0.1) is 5.92 Å². The highest BCUT2D eigenvalue weighted by molar-refractivity contribution is 7.17. The third-order valence-electron chi connectivity index (χ3n) is 7.07. The van der Waals surface area contributed by atoms with Gasteiger partial charge in [-0.3, -0.25) is 9.59 Å². The topological polar surface area (TPSA) is 123 Å². The van der Waals surface area contributed by atoms with Gasteiger partial charge in [0.2, 0.25) is 0 Å². The van der Waals surface area contributed by atoms with Crippen LogP contribution in [0.25, 0.3) is 10.8 Å². The van der Waals surface area contributed by atoms with E-state index in [0.29, 0.717) is 33.9 Å². The number of nitrogens with one attached hydrogen (secondary N) is 2. The molecule has 0 saturated heterocycles. The molecule has 1 aliphatic carbocycles. The third kappa shape index (κ3) is 6.77. The zero-order chi connectivity index (χ0) is 31.4. The number of rotatable bonds is 7. The predicted octanol–water partition coefficient (Wildman–Crippen LogP) is 6.82. The van der Waals surface area contributed by atoms with Gasteiger partial charge in [0, 0.05) is 15.5 Å². The molecule has 3 aromatic carbocycles. The average Bonchev–Trinajstić information content (AvgIpc) is 3.34. The Balaban J connectivity index is 1.35. The van der Waals surface area contributed by atoms with Crippen LogP contribution in [0.3, 0.4) is 0 Å². The SMILES string of the molecule is CCOC(=O)c1c(NC(=O)C(=O)N/N=C\c2c(OC(=O)c3ccc(Cl)cc3Cl)ccc3ccccc23)sc2c1CC[C@H](C)C2. The molecular weight excluding hydrogens is 625 g/mol.